The fourth-order valence-electron chi connectivity index (χ4n) is 2.29. The van der Waals surface area contributed by atoms with Gasteiger partial charge in [-0.25, -0.2) is 16.8 Å². The van der Waals surface area contributed by atoms with Gasteiger partial charge in [0, 0.05) is 6.07 Å². The smallest absolute Gasteiger partial charge is 0.716 e. The molecule has 0 unspecified atom stereocenters. The van der Waals surface area contributed by atoms with Crippen molar-refractivity contribution in [1.29, 1.82) is 0 Å². The molecule has 0 bridgehead atoms. The summed E-state index contributed by atoms with van der Waals surface area (Å²) < 4.78 is 77.2. The summed E-state index contributed by atoms with van der Waals surface area (Å²) in [4.78, 5) is 12.6. The summed E-state index contributed by atoms with van der Waals surface area (Å²) in [7, 11) is -9.89. The van der Waals surface area contributed by atoms with Crippen LogP contribution in [0.5, 0.6) is 11.5 Å². The Kier molecular flexibility index (Phi) is 8.93. The fraction of sp³-hybridized carbons (Fsp3) is 0. The molecule has 0 amide bonds. The van der Waals surface area contributed by atoms with Gasteiger partial charge in [0.15, 0.2) is 5.43 Å². The predicted octanol–water partition coefficient (Wildman–Crippen LogP) is -4.85. The van der Waals surface area contributed by atoms with Crippen LogP contribution in [-0.2, 0) is 20.8 Å². The van der Waals surface area contributed by atoms with Crippen LogP contribution in [0.25, 0.3) is 22.1 Å². The van der Waals surface area contributed by atoms with Crippen LogP contribution >= 0.6 is 0 Å². The fourth-order valence-corrected chi connectivity index (χ4v) is 2.97. The molecule has 1 heterocycles. The van der Waals surface area contributed by atoms with E-state index in [1.165, 1.54) is 30.3 Å². The second kappa shape index (κ2) is 9.92. The summed E-state index contributed by atoms with van der Waals surface area (Å²) in [6.45, 7) is 0. The monoisotopic (exact) mass is 458 g/mol. The summed E-state index contributed by atoms with van der Waals surface area (Å²) in [6, 6.07) is 8.49. The van der Waals surface area contributed by atoms with Crippen LogP contribution in [0, 0.1) is 0 Å². The number of hydrogen-bond donors (Lipinski definition) is 0. The molecule has 0 radical (unpaired) electrons. The molecule has 0 saturated carbocycles. The first-order chi connectivity index (χ1) is 12.5. The van der Waals surface area contributed by atoms with E-state index in [1.54, 1.807) is 0 Å². The van der Waals surface area contributed by atoms with E-state index in [4.69, 9.17) is 4.42 Å². The van der Waals surface area contributed by atoms with Crippen molar-refractivity contribution in [2.75, 3.05) is 0 Å². The molecular formula is C15H8Na2O10S2. The van der Waals surface area contributed by atoms with E-state index in [2.05, 4.69) is 8.37 Å². The largest absolute Gasteiger partial charge is 1.00 e. The maximum absolute atomic E-state index is 12.6. The molecule has 0 atom stereocenters. The minimum atomic E-state index is -4.97. The summed E-state index contributed by atoms with van der Waals surface area (Å²) >= 11 is 0. The Morgan fingerprint density at radius 1 is 0.793 bits per heavy atom. The Hall–Kier alpha value is -0.930. The van der Waals surface area contributed by atoms with Crippen LogP contribution in [0.3, 0.4) is 0 Å². The van der Waals surface area contributed by atoms with Crippen LogP contribution in [-0.4, -0.2) is 25.9 Å². The number of rotatable bonds is 5. The molecule has 3 aromatic rings. The zero-order valence-corrected chi connectivity index (χ0v) is 20.7. The maximum atomic E-state index is 12.6. The van der Waals surface area contributed by atoms with Gasteiger partial charge in [0.05, 0.1) is 10.9 Å². The molecule has 29 heavy (non-hydrogen) atoms. The maximum Gasteiger partial charge on any atom is 1.00 e. The molecule has 0 aliphatic carbocycles. The number of hydrogen-bond acceptors (Lipinski definition) is 10. The molecule has 0 N–H and O–H groups in total. The third-order valence-electron chi connectivity index (χ3n) is 3.31. The summed E-state index contributed by atoms with van der Waals surface area (Å²) in [6.07, 6.45) is 1.10. The van der Waals surface area contributed by atoms with E-state index in [0.29, 0.717) is 5.56 Å². The molecule has 0 aliphatic rings. The van der Waals surface area contributed by atoms with E-state index in [1.807, 2.05) is 0 Å². The first-order valence-electron chi connectivity index (χ1n) is 6.98. The third kappa shape index (κ3) is 7.07. The summed E-state index contributed by atoms with van der Waals surface area (Å²) in [5.41, 5.74) is -0.0203. The van der Waals surface area contributed by atoms with Gasteiger partial charge in [-0.1, -0.05) is 12.1 Å². The number of fused-ring (bicyclic) bond motifs is 1. The van der Waals surface area contributed by atoms with Gasteiger partial charge in [0.2, 0.25) is 0 Å². The SMILES string of the molecule is O=c1c(-c2ccc(OS(=O)(=O)[O-])cc2)coc2cc(OS(=O)(=O)[O-])ccc12.[Na+].[Na+]. The predicted molar refractivity (Wildman–Crippen MR) is 88.6 cm³/mol. The van der Waals surface area contributed by atoms with Gasteiger partial charge in [0.25, 0.3) is 20.8 Å². The minimum absolute atomic E-state index is 0. The van der Waals surface area contributed by atoms with Crippen molar-refractivity contribution in [3.63, 3.8) is 0 Å². The normalized spacial score (nSPS) is 11.2. The van der Waals surface area contributed by atoms with Crippen molar-refractivity contribution in [3.8, 4) is 22.6 Å². The Balaban J connectivity index is 0.00000210. The Bertz CT molecular complexity index is 1280. The van der Waals surface area contributed by atoms with Gasteiger partial charge in [0.1, 0.15) is 23.3 Å². The molecule has 0 saturated heterocycles. The summed E-state index contributed by atoms with van der Waals surface area (Å²) in [5, 5.41) is 0.0885. The molecule has 10 nitrogen and oxygen atoms in total. The van der Waals surface area contributed by atoms with Crippen molar-refractivity contribution < 1.29 is 97.8 Å². The second-order valence-corrected chi connectivity index (χ2v) is 7.11. The molecule has 14 heteroatoms. The van der Waals surface area contributed by atoms with Crippen molar-refractivity contribution in [2.24, 2.45) is 0 Å². The van der Waals surface area contributed by atoms with Gasteiger partial charge in [-0.05, 0) is 29.8 Å². The zero-order chi connectivity index (χ0) is 19.8. The van der Waals surface area contributed by atoms with Crippen LogP contribution in [0.15, 0.2) is 57.9 Å². The van der Waals surface area contributed by atoms with E-state index < -0.39 is 26.2 Å². The van der Waals surface area contributed by atoms with Crippen molar-refractivity contribution in [1.82, 2.24) is 0 Å². The van der Waals surface area contributed by atoms with E-state index in [9.17, 15) is 30.7 Å². The van der Waals surface area contributed by atoms with Crippen LogP contribution in [0.2, 0.25) is 0 Å². The second-order valence-electron chi connectivity index (χ2n) is 5.14. The Labute approximate surface area is 209 Å². The molecule has 2 aromatic carbocycles. The molecule has 3 rings (SSSR count). The number of benzene rings is 2. The van der Waals surface area contributed by atoms with Crippen LogP contribution in [0.4, 0.5) is 0 Å². The average Bonchev–Trinajstić information content (AvgIpc) is 2.53. The van der Waals surface area contributed by atoms with E-state index in [-0.39, 0.29) is 87.1 Å². The van der Waals surface area contributed by atoms with Gasteiger partial charge in [-0.2, -0.15) is 0 Å². The molecule has 0 spiro atoms. The quantitative estimate of drug-likeness (QED) is 0.206. The molecule has 0 fully saturated rings. The molecule has 1 aromatic heterocycles. The summed E-state index contributed by atoms with van der Waals surface area (Å²) in [5.74, 6) is -0.534. The standard InChI is InChI=1S/C15H10O10S2.2Na/c16-15-12-6-5-11(25-27(20,21)22)7-14(12)23-8-13(15)9-1-3-10(4-2-9)24-26(17,18)19;;/h1-8H,(H,17,18,19)(H,20,21,22);;/q;2*+1/p-2. The van der Waals surface area contributed by atoms with E-state index in [0.717, 1.165) is 18.4 Å². The minimum Gasteiger partial charge on any atom is -0.716 e. The van der Waals surface area contributed by atoms with E-state index >= 15 is 0 Å². The van der Waals surface area contributed by atoms with Gasteiger partial charge < -0.3 is 21.9 Å². The first kappa shape index (κ1) is 26.1. The molecule has 142 valence electrons. The van der Waals surface area contributed by atoms with Crippen molar-refractivity contribution in [2.45, 2.75) is 0 Å². The zero-order valence-electron chi connectivity index (χ0n) is 15.0. The van der Waals surface area contributed by atoms with Gasteiger partial charge in [-0.15, -0.1) is 0 Å². The topological polar surface area (TPSA) is 163 Å². The Morgan fingerprint density at radius 2 is 1.31 bits per heavy atom. The van der Waals surface area contributed by atoms with Crippen molar-refractivity contribution >= 4 is 31.8 Å². The van der Waals surface area contributed by atoms with Gasteiger partial charge >= 0.3 is 59.1 Å². The molecular weight excluding hydrogens is 450 g/mol. The molecule has 0 aliphatic heterocycles. The third-order valence-corrected chi connectivity index (χ3v) is 4.10. The van der Waals surface area contributed by atoms with Crippen molar-refractivity contribution in [3.05, 3.63) is 59.0 Å². The first-order valence-corrected chi connectivity index (χ1v) is 9.65. The van der Waals surface area contributed by atoms with Gasteiger partial charge in [-0.3, -0.25) is 4.79 Å². The average molecular weight is 458 g/mol. The van der Waals surface area contributed by atoms with Crippen LogP contribution in [0.1, 0.15) is 0 Å². The Morgan fingerprint density at radius 3 is 1.86 bits per heavy atom. The van der Waals surface area contributed by atoms with Crippen LogP contribution < -0.4 is 72.9 Å².